The molecule has 1 aromatic carbocycles. The third-order valence-electron chi connectivity index (χ3n) is 3.28. The van der Waals surface area contributed by atoms with Gasteiger partial charge in [0.2, 0.25) is 0 Å². The Kier molecular flexibility index (Phi) is 4.41. The minimum atomic E-state index is -1.12. The first kappa shape index (κ1) is 16.6. The van der Waals surface area contributed by atoms with Gasteiger partial charge in [-0.1, -0.05) is 12.1 Å². The quantitative estimate of drug-likeness (QED) is 0.906. The molecule has 23 heavy (non-hydrogen) atoms. The van der Waals surface area contributed by atoms with E-state index in [1.807, 2.05) is 6.07 Å². The molecule has 0 aromatic heterocycles. The molecule has 0 bridgehead atoms. The van der Waals surface area contributed by atoms with Gasteiger partial charge in [-0.25, -0.2) is 9.59 Å². The van der Waals surface area contributed by atoms with E-state index in [2.05, 4.69) is 0 Å². The van der Waals surface area contributed by atoms with Crippen molar-refractivity contribution in [3.63, 3.8) is 0 Å². The first-order valence-corrected chi connectivity index (χ1v) is 7.15. The largest absolute Gasteiger partial charge is 0.479 e. The SMILES string of the molecule is CC(C)(C)OC(=O)N1CC(c2cccc(C#N)c2)=C[C@@H]1C(=O)O. The van der Waals surface area contributed by atoms with Crippen LogP contribution in [0.15, 0.2) is 30.3 Å². The minimum absolute atomic E-state index is 0.126. The predicted molar refractivity (Wildman–Crippen MR) is 83.5 cm³/mol. The first-order chi connectivity index (χ1) is 10.7. The lowest BCUT2D eigenvalue weighted by Gasteiger charge is -2.27. The zero-order chi connectivity index (χ0) is 17.2. The number of carboxylic acid groups (broad SMARTS) is 1. The van der Waals surface area contributed by atoms with Gasteiger partial charge in [0.25, 0.3) is 0 Å². The molecular weight excluding hydrogens is 296 g/mol. The molecule has 1 aliphatic rings. The Morgan fingerprint density at radius 3 is 2.65 bits per heavy atom. The van der Waals surface area contributed by atoms with Gasteiger partial charge in [0.1, 0.15) is 5.60 Å². The predicted octanol–water partition coefficient (Wildman–Crippen LogP) is 2.65. The number of hydrogen-bond donors (Lipinski definition) is 1. The van der Waals surface area contributed by atoms with E-state index < -0.39 is 23.7 Å². The van der Waals surface area contributed by atoms with Crippen LogP contribution >= 0.6 is 0 Å². The third kappa shape index (κ3) is 3.89. The van der Waals surface area contributed by atoms with Gasteiger partial charge >= 0.3 is 12.1 Å². The third-order valence-corrected chi connectivity index (χ3v) is 3.28. The summed E-state index contributed by atoms with van der Waals surface area (Å²) < 4.78 is 5.27. The molecule has 120 valence electrons. The molecule has 1 aromatic rings. The van der Waals surface area contributed by atoms with Crippen LogP contribution in [0, 0.1) is 11.3 Å². The highest BCUT2D eigenvalue weighted by Gasteiger charge is 2.36. The molecule has 1 atom stereocenters. The van der Waals surface area contributed by atoms with Gasteiger partial charge in [0, 0.05) is 0 Å². The summed E-state index contributed by atoms with van der Waals surface area (Å²) in [6.07, 6.45) is 0.843. The van der Waals surface area contributed by atoms with E-state index >= 15 is 0 Å². The van der Waals surface area contributed by atoms with Crippen molar-refractivity contribution in [3.8, 4) is 6.07 Å². The van der Waals surface area contributed by atoms with E-state index in [-0.39, 0.29) is 6.54 Å². The Labute approximate surface area is 134 Å². The molecule has 0 unspecified atom stereocenters. The van der Waals surface area contributed by atoms with Crippen molar-refractivity contribution >= 4 is 17.6 Å². The molecule has 0 fully saturated rings. The maximum atomic E-state index is 12.2. The number of hydrogen-bond acceptors (Lipinski definition) is 4. The van der Waals surface area contributed by atoms with E-state index in [0.717, 1.165) is 5.56 Å². The summed E-state index contributed by atoms with van der Waals surface area (Å²) in [7, 11) is 0. The first-order valence-electron chi connectivity index (χ1n) is 7.15. The van der Waals surface area contributed by atoms with E-state index in [9.17, 15) is 14.7 Å². The number of carboxylic acids is 1. The van der Waals surface area contributed by atoms with Crippen molar-refractivity contribution in [3.05, 3.63) is 41.5 Å². The second kappa shape index (κ2) is 6.13. The average molecular weight is 314 g/mol. The Morgan fingerprint density at radius 2 is 2.09 bits per heavy atom. The number of rotatable bonds is 2. The number of nitriles is 1. The van der Waals surface area contributed by atoms with Crippen molar-refractivity contribution in [1.29, 1.82) is 5.26 Å². The summed E-state index contributed by atoms with van der Waals surface area (Å²) in [6, 6.07) is 7.80. The van der Waals surface area contributed by atoms with Crippen LogP contribution in [0.4, 0.5) is 4.79 Å². The van der Waals surface area contributed by atoms with Crippen LogP contribution < -0.4 is 0 Å². The molecule has 0 aliphatic carbocycles. The number of ether oxygens (including phenoxy) is 1. The number of aliphatic carboxylic acids is 1. The van der Waals surface area contributed by atoms with Gasteiger partial charge in [-0.2, -0.15) is 5.26 Å². The fourth-order valence-electron chi connectivity index (χ4n) is 2.29. The van der Waals surface area contributed by atoms with Crippen molar-refractivity contribution in [2.75, 3.05) is 6.54 Å². The number of benzene rings is 1. The Balaban J connectivity index is 2.28. The molecule has 6 nitrogen and oxygen atoms in total. The molecule has 0 saturated carbocycles. The van der Waals surface area contributed by atoms with Gasteiger partial charge in [0.05, 0.1) is 18.2 Å². The van der Waals surface area contributed by atoms with E-state index in [0.29, 0.717) is 11.1 Å². The van der Waals surface area contributed by atoms with Gasteiger partial charge < -0.3 is 9.84 Å². The lowest BCUT2D eigenvalue weighted by molar-refractivity contribution is -0.140. The van der Waals surface area contributed by atoms with Crippen LogP contribution in [0.1, 0.15) is 31.9 Å². The second-order valence-electron chi connectivity index (χ2n) is 6.28. The lowest BCUT2D eigenvalue weighted by atomic mass is 10.0. The fourth-order valence-corrected chi connectivity index (χ4v) is 2.29. The lowest BCUT2D eigenvalue weighted by Crippen LogP contribution is -2.43. The van der Waals surface area contributed by atoms with Gasteiger partial charge in [-0.3, -0.25) is 4.90 Å². The smallest absolute Gasteiger partial charge is 0.411 e. The van der Waals surface area contributed by atoms with Gasteiger partial charge in [0.15, 0.2) is 6.04 Å². The van der Waals surface area contributed by atoms with Crippen LogP contribution in [0.2, 0.25) is 0 Å². The molecule has 1 heterocycles. The van der Waals surface area contributed by atoms with E-state index in [4.69, 9.17) is 10.00 Å². The van der Waals surface area contributed by atoms with Crippen molar-refractivity contribution < 1.29 is 19.4 Å². The van der Waals surface area contributed by atoms with Gasteiger partial charge in [-0.05, 0) is 50.1 Å². The molecule has 1 aliphatic heterocycles. The highest BCUT2D eigenvalue weighted by molar-refractivity contribution is 5.89. The molecule has 2 rings (SSSR count). The van der Waals surface area contributed by atoms with Crippen LogP contribution in [0.3, 0.4) is 0 Å². The normalized spacial score (nSPS) is 17.4. The number of amides is 1. The highest BCUT2D eigenvalue weighted by atomic mass is 16.6. The van der Waals surface area contributed by atoms with Crippen LogP contribution in [0.25, 0.3) is 5.57 Å². The molecule has 0 radical (unpaired) electrons. The number of carbonyl (C=O) groups excluding carboxylic acids is 1. The van der Waals surface area contributed by atoms with Crippen molar-refractivity contribution in [2.45, 2.75) is 32.4 Å². The second-order valence-corrected chi connectivity index (χ2v) is 6.28. The summed E-state index contributed by atoms with van der Waals surface area (Å²) in [6.45, 7) is 5.30. The molecular formula is C17H18N2O4. The summed E-state index contributed by atoms with van der Waals surface area (Å²) >= 11 is 0. The maximum Gasteiger partial charge on any atom is 0.411 e. The van der Waals surface area contributed by atoms with Crippen molar-refractivity contribution in [1.82, 2.24) is 4.90 Å². The van der Waals surface area contributed by atoms with Crippen LogP contribution in [-0.2, 0) is 9.53 Å². The Morgan fingerprint density at radius 1 is 1.39 bits per heavy atom. The van der Waals surface area contributed by atoms with E-state index in [1.165, 1.54) is 11.0 Å². The van der Waals surface area contributed by atoms with E-state index in [1.54, 1.807) is 45.0 Å². The monoisotopic (exact) mass is 314 g/mol. The maximum absolute atomic E-state index is 12.2. The summed E-state index contributed by atoms with van der Waals surface area (Å²) in [5.41, 5.74) is 1.18. The number of carbonyl (C=O) groups is 2. The summed E-state index contributed by atoms with van der Waals surface area (Å²) in [4.78, 5) is 24.8. The topological polar surface area (TPSA) is 90.6 Å². The standard InChI is InChI=1S/C17H18N2O4/c1-17(2,3)23-16(22)19-10-13(8-14(19)15(20)21)12-6-4-5-11(7-12)9-18/h4-8,14H,10H2,1-3H3,(H,20,21)/t14-/m1/s1. The Bertz CT molecular complexity index is 710. The van der Waals surface area contributed by atoms with Gasteiger partial charge in [-0.15, -0.1) is 0 Å². The fraction of sp³-hybridized carbons (Fsp3) is 0.353. The van der Waals surface area contributed by atoms with Crippen LogP contribution in [0.5, 0.6) is 0 Å². The van der Waals surface area contributed by atoms with Crippen molar-refractivity contribution in [2.24, 2.45) is 0 Å². The molecule has 1 N–H and O–H groups in total. The minimum Gasteiger partial charge on any atom is -0.479 e. The molecule has 0 saturated heterocycles. The number of nitrogens with zero attached hydrogens (tertiary/aromatic N) is 2. The zero-order valence-corrected chi connectivity index (χ0v) is 13.2. The average Bonchev–Trinajstić information content (AvgIpc) is 2.91. The summed E-state index contributed by atoms with van der Waals surface area (Å²) in [5, 5.41) is 18.3. The molecule has 1 amide bonds. The van der Waals surface area contributed by atoms with Crippen LogP contribution in [-0.4, -0.2) is 40.3 Å². The highest BCUT2D eigenvalue weighted by Crippen LogP contribution is 2.27. The molecule has 0 spiro atoms. The zero-order valence-electron chi connectivity index (χ0n) is 13.2. The summed E-state index contributed by atoms with van der Waals surface area (Å²) in [5.74, 6) is -1.12. The Hall–Kier alpha value is -2.81. The molecule has 6 heteroatoms.